The molecule has 0 aromatic carbocycles. The van der Waals surface area contributed by atoms with Crippen molar-refractivity contribution in [1.82, 2.24) is 4.57 Å². The fraction of sp³-hybridized carbons (Fsp3) is 0.750. The Morgan fingerprint density at radius 3 is 2.47 bits per heavy atom. The van der Waals surface area contributed by atoms with Gasteiger partial charge in [0.25, 0.3) is 0 Å². The molecule has 0 bridgehead atoms. The van der Waals surface area contributed by atoms with Gasteiger partial charge in [-0.3, -0.25) is 0 Å². The van der Waals surface area contributed by atoms with Crippen molar-refractivity contribution in [1.29, 1.82) is 0 Å². The van der Waals surface area contributed by atoms with Crippen LogP contribution < -0.4 is 0 Å². The summed E-state index contributed by atoms with van der Waals surface area (Å²) in [7, 11) is 0. The molecular weight excluding hydrogens is 206 g/mol. The predicted octanol–water partition coefficient (Wildman–Crippen LogP) is 4.82. The van der Waals surface area contributed by atoms with Gasteiger partial charge in [0.15, 0.2) is 0 Å². The highest BCUT2D eigenvalue weighted by atomic mass is 15.0. The van der Waals surface area contributed by atoms with Crippen molar-refractivity contribution in [2.24, 2.45) is 0 Å². The number of hydrogen-bond acceptors (Lipinski definition) is 0. The van der Waals surface area contributed by atoms with E-state index in [1.807, 2.05) is 0 Å². The van der Waals surface area contributed by atoms with Gasteiger partial charge in [0.05, 0.1) is 0 Å². The number of aromatic nitrogens is 1. The lowest BCUT2D eigenvalue weighted by Gasteiger charge is -2.25. The van der Waals surface area contributed by atoms with Crippen LogP contribution in [0.25, 0.3) is 0 Å². The van der Waals surface area contributed by atoms with Crippen molar-refractivity contribution in [2.45, 2.75) is 78.2 Å². The smallest absolute Gasteiger partial charge is 0.0333 e. The Morgan fingerprint density at radius 1 is 1.18 bits per heavy atom. The predicted molar refractivity (Wildman–Crippen MR) is 74.7 cm³/mol. The lowest BCUT2D eigenvalue weighted by atomic mass is 9.95. The Morgan fingerprint density at radius 2 is 1.88 bits per heavy atom. The Hall–Kier alpha value is -0.720. The highest BCUT2D eigenvalue weighted by molar-refractivity contribution is 5.32. The van der Waals surface area contributed by atoms with Gasteiger partial charge in [-0.15, -0.1) is 0 Å². The van der Waals surface area contributed by atoms with Gasteiger partial charge in [-0.2, -0.15) is 0 Å². The van der Waals surface area contributed by atoms with Gasteiger partial charge < -0.3 is 4.57 Å². The summed E-state index contributed by atoms with van der Waals surface area (Å²) < 4.78 is 2.60. The van der Waals surface area contributed by atoms with Crippen molar-refractivity contribution < 1.29 is 0 Å². The zero-order chi connectivity index (χ0) is 12.3. The molecule has 1 aliphatic carbocycles. The molecule has 1 heterocycles. The van der Waals surface area contributed by atoms with E-state index >= 15 is 0 Å². The zero-order valence-electron chi connectivity index (χ0n) is 11.8. The van der Waals surface area contributed by atoms with E-state index in [-0.39, 0.29) is 0 Å². The third kappa shape index (κ3) is 2.59. The molecule has 1 aromatic heterocycles. The van der Waals surface area contributed by atoms with Crippen LogP contribution in [-0.2, 0) is 12.8 Å². The highest BCUT2D eigenvalue weighted by Crippen LogP contribution is 2.32. The van der Waals surface area contributed by atoms with E-state index < -0.39 is 0 Å². The van der Waals surface area contributed by atoms with Crippen LogP contribution in [0.3, 0.4) is 0 Å². The maximum atomic E-state index is 2.60. The molecule has 0 unspecified atom stereocenters. The summed E-state index contributed by atoms with van der Waals surface area (Å²) in [4.78, 5) is 0. The van der Waals surface area contributed by atoms with E-state index in [0.29, 0.717) is 0 Å². The zero-order valence-corrected chi connectivity index (χ0v) is 11.8. The summed E-state index contributed by atoms with van der Waals surface area (Å²) in [5.74, 6) is 0. The normalized spacial score (nSPS) is 17.6. The molecular formula is C16H27N. The molecule has 1 saturated carbocycles. The first-order valence-corrected chi connectivity index (χ1v) is 7.47. The third-order valence-corrected chi connectivity index (χ3v) is 4.36. The van der Waals surface area contributed by atoms with Crippen LogP contribution in [0.5, 0.6) is 0 Å². The fourth-order valence-electron chi connectivity index (χ4n) is 3.37. The Bertz CT molecular complexity index is 356. The van der Waals surface area contributed by atoms with Crippen LogP contribution in [0, 0.1) is 6.92 Å². The number of hydrogen-bond donors (Lipinski definition) is 0. The van der Waals surface area contributed by atoms with Crippen LogP contribution >= 0.6 is 0 Å². The molecule has 0 N–H and O–H groups in total. The molecule has 1 fully saturated rings. The topological polar surface area (TPSA) is 4.93 Å². The third-order valence-electron chi connectivity index (χ3n) is 4.36. The molecule has 0 atom stereocenters. The molecule has 17 heavy (non-hydrogen) atoms. The SMILES string of the molecule is CCCc1c(CC)cn(C2CCCCC2)c1C. The average molecular weight is 233 g/mol. The largest absolute Gasteiger partial charge is 0.348 e. The van der Waals surface area contributed by atoms with Gasteiger partial charge >= 0.3 is 0 Å². The summed E-state index contributed by atoms with van der Waals surface area (Å²) in [6.45, 7) is 6.91. The molecule has 0 spiro atoms. The van der Waals surface area contributed by atoms with Crippen LogP contribution in [0.4, 0.5) is 0 Å². The number of rotatable bonds is 4. The van der Waals surface area contributed by atoms with Crippen molar-refractivity contribution >= 4 is 0 Å². The minimum atomic E-state index is 0.791. The van der Waals surface area contributed by atoms with Gasteiger partial charge in [-0.25, -0.2) is 0 Å². The van der Waals surface area contributed by atoms with Gasteiger partial charge in [-0.05, 0) is 43.7 Å². The van der Waals surface area contributed by atoms with E-state index in [1.54, 1.807) is 16.8 Å². The summed E-state index contributed by atoms with van der Waals surface area (Å²) in [5, 5.41) is 0. The second-order valence-corrected chi connectivity index (χ2v) is 5.52. The first kappa shape index (κ1) is 12.7. The molecule has 0 amide bonds. The fourth-order valence-corrected chi connectivity index (χ4v) is 3.37. The Labute approximate surface area is 106 Å². The van der Waals surface area contributed by atoms with Crippen molar-refractivity contribution in [3.05, 3.63) is 23.0 Å². The first-order valence-electron chi connectivity index (χ1n) is 7.47. The van der Waals surface area contributed by atoms with Gasteiger partial charge in [-0.1, -0.05) is 39.5 Å². The number of nitrogens with zero attached hydrogens (tertiary/aromatic N) is 1. The van der Waals surface area contributed by atoms with E-state index in [4.69, 9.17) is 0 Å². The van der Waals surface area contributed by atoms with E-state index in [1.165, 1.54) is 51.4 Å². The lowest BCUT2D eigenvalue weighted by molar-refractivity contribution is 0.349. The first-order chi connectivity index (χ1) is 8.27. The molecule has 0 radical (unpaired) electrons. The molecule has 1 aromatic rings. The maximum absolute atomic E-state index is 2.60. The molecule has 0 aliphatic heterocycles. The number of aryl methyl sites for hydroxylation is 1. The van der Waals surface area contributed by atoms with Crippen molar-refractivity contribution in [2.75, 3.05) is 0 Å². The summed E-state index contributed by atoms with van der Waals surface area (Å²) in [5.41, 5.74) is 4.78. The van der Waals surface area contributed by atoms with Crippen molar-refractivity contribution in [3.63, 3.8) is 0 Å². The highest BCUT2D eigenvalue weighted by Gasteiger charge is 2.19. The molecule has 0 saturated heterocycles. The standard InChI is InChI=1S/C16H27N/c1-4-9-16-13(3)17(12-14(16)5-2)15-10-7-6-8-11-15/h12,15H,4-11H2,1-3H3. The Kier molecular flexibility index (Phi) is 4.31. The van der Waals surface area contributed by atoms with E-state index in [0.717, 1.165) is 6.04 Å². The minimum Gasteiger partial charge on any atom is -0.348 e. The van der Waals surface area contributed by atoms with Crippen LogP contribution in [0.1, 0.15) is 75.2 Å². The van der Waals surface area contributed by atoms with Crippen LogP contribution in [0.15, 0.2) is 6.20 Å². The lowest BCUT2D eigenvalue weighted by Crippen LogP contribution is -2.13. The van der Waals surface area contributed by atoms with E-state index in [9.17, 15) is 0 Å². The summed E-state index contributed by atoms with van der Waals surface area (Å²) in [6, 6.07) is 0.791. The molecule has 2 rings (SSSR count). The van der Waals surface area contributed by atoms with Gasteiger partial charge in [0.2, 0.25) is 0 Å². The molecule has 96 valence electrons. The van der Waals surface area contributed by atoms with Crippen LogP contribution in [0.2, 0.25) is 0 Å². The summed E-state index contributed by atoms with van der Waals surface area (Å²) >= 11 is 0. The van der Waals surface area contributed by atoms with Gasteiger partial charge in [0, 0.05) is 17.9 Å². The molecule has 1 heteroatoms. The minimum absolute atomic E-state index is 0.791. The quantitative estimate of drug-likeness (QED) is 0.703. The maximum Gasteiger partial charge on any atom is 0.0333 e. The second-order valence-electron chi connectivity index (χ2n) is 5.52. The average Bonchev–Trinajstić information content (AvgIpc) is 2.69. The van der Waals surface area contributed by atoms with E-state index in [2.05, 4.69) is 31.5 Å². The monoisotopic (exact) mass is 233 g/mol. The summed E-state index contributed by atoms with van der Waals surface area (Å²) in [6.07, 6.45) is 13.2. The van der Waals surface area contributed by atoms with Gasteiger partial charge in [0.1, 0.15) is 0 Å². The van der Waals surface area contributed by atoms with Crippen LogP contribution in [-0.4, -0.2) is 4.57 Å². The molecule has 1 aliphatic rings. The Balaban J connectivity index is 2.27. The van der Waals surface area contributed by atoms with Crippen molar-refractivity contribution in [3.8, 4) is 0 Å². The second kappa shape index (κ2) is 5.75. The molecule has 1 nitrogen and oxygen atoms in total.